The van der Waals surface area contributed by atoms with Gasteiger partial charge in [-0.3, -0.25) is 9.59 Å². The van der Waals surface area contributed by atoms with Gasteiger partial charge in [0.25, 0.3) is 11.8 Å². The lowest BCUT2D eigenvalue weighted by atomic mass is 10.1. The van der Waals surface area contributed by atoms with Gasteiger partial charge in [-0.15, -0.1) is 12.4 Å². The van der Waals surface area contributed by atoms with E-state index in [2.05, 4.69) is 15.7 Å². The second-order valence-corrected chi connectivity index (χ2v) is 8.22. The molecule has 0 fully saturated rings. The molecule has 0 bridgehead atoms. The van der Waals surface area contributed by atoms with E-state index in [9.17, 15) is 9.59 Å². The lowest BCUT2D eigenvalue weighted by Gasteiger charge is -2.35. The molecule has 29 heavy (non-hydrogen) atoms. The monoisotopic (exact) mass is 428 g/mol. The van der Waals surface area contributed by atoms with Gasteiger partial charge in [-0.1, -0.05) is 48.0 Å². The summed E-state index contributed by atoms with van der Waals surface area (Å²) < 4.78 is 0. The highest BCUT2D eigenvalue weighted by molar-refractivity contribution is 8.17. The zero-order chi connectivity index (χ0) is 19.9. The quantitative estimate of drug-likeness (QED) is 0.779. The van der Waals surface area contributed by atoms with Crippen LogP contribution in [0.4, 0.5) is 0 Å². The molecule has 2 amide bonds. The van der Waals surface area contributed by atoms with E-state index >= 15 is 0 Å². The maximum atomic E-state index is 12.7. The smallest absolute Gasteiger partial charge is 0.269 e. The summed E-state index contributed by atoms with van der Waals surface area (Å²) in [5.41, 5.74) is 5.80. The van der Waals surface area contributed by atoms with Gasteiger partial charge in [-0.25, -0.2) is 10.4 Å². The number of halogens is 1. The van der Waals surface area contributed by atoms with Crippen LogP contribution in [-0.4, -0.2) is 27.5 Å². The van der Waals surface area contributed by atoms with Crippen molar-refractivity contribution in [1.29, 1.82) is 0 Å². The van der Waals surface area contributed by atoms with Gasteiger partial charge in [-0.05, 0) is 44.7 Å². The molecular weight excluding hydrogens is 408 g/mol. The van der Waals surface area contributed by atoms with E-state index < -0.39 is 5.54 Å². The maximum absolute atomic E-state index is 12.7. The topological polar surface area (TPSA) is 73.8 Å². The van der Waals surface area contributed by atoms with Gasteiger partial charge in [0.05, 0.1) is 5.70 Å². The number of benzene rings is 2. The van der Waals surface area contributed by atoms with Crippen LogP contribution in [0.3, 0.4) is 0 Å². The lowest BCUT2D eigenvalue weighted by Crippen LogP contribution is -2.58. The minimum absolute atomic E-state index is 0. The number of hydrazine groups is 1. The number of fused-ring (bicyclic) bond motifs is 1. The predicted octanol–water partition coefficient (Wildman–Crippen LogP) is 3.70. The van der Waals surface area contributed by atoms with Crippen molar-refractivity contribution in [3.63, 3.8) is 0 Å². The number of carbonyl (C=O) groups excluding carboxylic acids is 2. The highest BCUT2D eigenvalue weighted by Crippen LogP contribution is 2.40. The molecule has 0 spiro atoms. The second kappa shape index (κ2) is 8.02. The van der Waals surface area contributed by atoms with Crippen molar-refractivity contribution in [2.45, 2.75) is 26.3 Å². The minimum atomic E-state index is -0.834. The number of nitrogens with one attached hydrogen (secondary N) is 2. The molecule has 2 aromatic rings. The average molecular weight is 429 g/mol. The van der Waals surface area contributed by atoms with Gasteiger partial charge in [0, 0.05) is 11.1 Å². The molecule has 8 heteroatoms. The van der Waals surface area contributed by atoms with E-state index in [1.165, 1.54) is 11.8 Å². The Morgan fingerprint density at radius 2 is 1.76 bits per heavy atom. The zero-order valence-electron chi connectivity index (χ0n) is 16.2. The summed E-state index contributed by atoms with van der Waals surface area (Å²) in [6, 6.07) is 17.0. The SMILES string of the molecule is Cc1ccc(C2=C(NC(=O)c3ccccc3)SC3=NC(=O)C(C)(C)NN32)cc1.Cl. The Bertz CT molecular complexity index is 1020. The van der Waals surface area contributed by atoms with Crippen LogP contribution in [0.5, 0.6) is 0 Å². The molecule has 6 nitrogen and oxygen atoms in total. The Labute approximate surface area is 179 Å². The van der Waals surface area contributed by atoms with Crippen molar-refractivity contribution in [2.75, 3.05) is 0 Å². The van der Waals surface area contributed by atoms with Crippen LogP contribution in [0, 0.1) is 6.92 Å². The molecule has 2 heterocycles. The summed E-state index contributed by atoms with van der Waals surface area (Å²) in [6.07, 6.45) is 0. The molecule has 0 saturated heterocycles. The van der Waals surface area contributed by atoms with Crippen LogP contribution in [0.2, 0.25) is 0 Å². The third-order valence-electron chi connectivity index (χ3n) is 4.53. The highest BCUT2D eigenvalue weighted by atomic mass is 35.5. The number of thioether (sulfide) groups is 1. The van der Waals surface area contributed by atoms with E-state index in [4.69, 9.17) is 0 Å². The Hall–Kier alpha value is -2.61. The molecule has 0 radical (unpaired) electrons. The van der Waals surface area contributed by atoms with E-state index in [0.29, 0.717) is 15.8 Å². The highest BCUT2D eigenvalue weighted by Gasteiger charge is 2.42. The number of amides is 2. The Kier molecular flexibility index (Phi) is 5.84. The summed E-state index contributed by atoms with van der Waals surface area (Å²) >= 11 is 1.27. The van der Waals surface area contributed by atoms with Crippen molar-refractivity contribution in [3.05, 3.63) is 76.3 Å². The Balaban J connectivity index is 0.00000240. The van der Waals surface area contributed by atoms with Crippen LogP contribution >= 0.6 is 24.2 Å². The third-order valence-corrected chi connectivity index (χ3v) is 5.49. The van der Waals surface area contributed by atoms with Gasteiger partial charge in [0.1, 0.15) is 10.6 Å². The van der Waals surface area contributed by atoms with Crippen molar-refractivity contribution in [3.8, 4) is 0 Å². The molecule has 150 valence electrons. The molecule has 2 aliphatic heterocycles. The normalized spacial score (nSPS) is 17.4. The average Bonchev–Trinajstić information content (AvgIpc) is 2.99. The van der Waals surface area contributed by atoms with Crippen LogP contribution in [-0.2, 0) is 4.79 Å². The molecule has 2 N–H and O–H groups in total. The number of carbonyl (C=O) groups is 2. The van der Waals surface area contributed by atoms with Crippen LogP contribution in [0.15, 0.2) is 64.6 Å². The largest absolute Gasteiger partial charge is 0.314 e. The first-order chi connectivity index (χ1) is 13.3. The molecular formula is C21H21ClN4O2S. The maximum Gasteiger partial charge on any atom is 0.269 e. The summed E-state index contributed by atoms with van der Waals surface area (Å²) in [7, 11) is 0. The number of rotatable bonds is 3. The zero-order valence-corrected chi connectivity index (χ0v) is 17.9. The molecule has 2 aromatic carbocycles. The van der Waals surface area contributed by atoms with Crippen molar-refractivity contribution < 1.29 is 9.59 Å². The van der Waals surface area contributed by atoms with Crippen molar-refractivity contribution in [2.24, 2.45) is 4.99 Å². The van der Waals surface area contributed by atoms with E-state index in [0.717, 1.165) is 16.8 Å². The number of aliphatic imine (C=N–C) groups is 1. The predicted molar refractivity (Wildman–Crippen MR) is 118 cm³/mol. The fourth-order valence-electron chi connectivity index (χ4n) is 2.93. The molecule has 0 unspecified atom stereocenters. The van der Waals surface area contributed by atoms with E-state index in [1.54, 1.807) is 31.0 Å². The molecule has 2 aliphatic rings. The lowest BCUT2D eigenvalue weighted by molar-refractivity contribution is -0.124. The van der Waals surface area contributed by atoms with Crippen LogP contribution in [0.25, 0.3) is 5.70 Å². The summed E-state index contributed by atoms with van der Waals surface area (Å²) in [4.78, 5) is 29.3. The number of aryl methyl sites for hydroxylation is 1. The van der Waals surface area contributed by atoms with Crippen molar-refractivity contribution in [1.82, 2.24) is 15.8 Å². The molecule has 0 aromatic heterocycles. The van der Waals surface area contributed by atoms with E-state index in [1.807, 2.05) is 49.4 Å². The number of amidine groups is 1. The fraction of sp³-hybridized carbons (Fsp3) is 0.190. The van der Waals surface area contributed by atoms with Gasteiger partial charge >= 0.3 is 0 Å². The minimum Gasteiger partial charge on any atom is -0.314 e. The Morgan fingerprint density at radius 3 is 2.41 bits per heavy atom. The van der Waals surface area contributed by atoms with Crippen molar-refractivity contribution >= 4 is 46.8 Å². The van der Waals surface area contributed by atoms with Gasteiger partial charge in [0.2, 0.25) is 0 Å². The number of hydrogen-bond acceptors (Lipinski definition) is 5. The van der Waals surface area contributed by atoms with Crippen LogP contribution < -0.4 is 10.7 Å². The van der Waals surface area contributed by atoms with Gasteiger partial charge in [-0.2, -0.15) is 4.99 Å². The van der Waals surface area contributed by atoms with Gasteiger partial charge < -0.3 is 5.32 Å². The fourth-order valence-corrected chi connectivity index (χ4v) is 3.92. The summed E-state index contributed by atoms with van der Waals surface area (Å²) in [5, 5.41) is 5.91. The van der Waals surface area contributed by atoms with E-state index in [-0.39, 0.29) is 24.2 Å². The first kappa shape index (κ1) is 21.1. The Morgan fingerprint density at radius 1 is 1.10 bits per heavy atom. The first-order valence-corrected chi connectivity index (χ1v) is 9.73. The van der Waals surface area contributed by atoms with Crippen LogP contribution in [0.1, 0.15) is 35.3 Å². The molecule has 0 aliphatic carbocycles. The molecule has 0 saturated carbocycles. The molecule has 4 rings (SSSR count). The second-order valence-electron chi connectivity index (χ2n) is 7.24. The first-order valence-electron chi connectivity index (χ1n) is 8.92. The third kappa shape index (κ3) is 4.07. The standard InChI is InChI=1S/C21H20N4O2S.ClH/c1-13-9-11-14(12-10-13)16-18(22-17(26)15-7-5-4-6-8-15)28-20-23-19(27)21(2,3)24-25(16)20;/h4-12,24H,1-3H3,(H,22,26);1H. The number of hydrogen-bond donors (Lipinski definition) is 2. The summed E-state index contributed by atoms with van der Waals surface area (Å²) in [5.74, 6) is -0.455. The number of nitrogens with zero attached hydrogens (tertiary/aromatic N) is 2. The van der Waals surface area contributed by atoms with Gasteiger partial charge in [0.15, 0.2) is 5.17 Å². The molecule has 0 atom stereocenters. The summed E-state index contributed by atoms with van der Waals surface area (Å²) in [6.45, 7) is 5.59.